The Labute approximate surface area is 122 Å². The highest BCUT2D eigenvalue weighted by Crippen LogP contribution is 2.06. The first-order valence-electron chi connectivity index (χ1n) is 6.50. The van der Waals surface area contributed by atoms with Crippen molar-refractivity contribution in [2.75, 3.05) is 0 Å². The second-order valence-corrected chi connectivity index (χ2v) is 4.41. The molecule has 1 aromatic heterocycles. The average Bonchev–Trinajstić information content (AvgIpc) is 2.98. The van der Waals surface area contributed by atoms with Gasteiger partial charge in [0.25, 0.3) is 5.91 Å². The van der Waals surface area contributed by atoms with Gasteiger partial charge in [-0.1, -0.05) is 30.3 Å². The minimum Gasteiger partial charge on any atom is -0.467 e. The van der Waals surface area contributed by atoms with E-state index < -0.39 is 0 Å². The van der Waals surface area contributed by atoms with E-state index in [-0.39, 0.29) is 24.1 Å². The first-order valence-corrected chi connectivity index (χ1v) is 6.50. The van der Waals surface area contributed by atoms with Gasteiger partial charge in [0.05, 0.1) is 12.8 Å². The Hall–Kier alpha value is -2.82. The Kier molecular flexibility index (Phi) is 4.93. The third-order valence-electron chi connectivity index (χ3n) is 2.67. The van der Waals surface area contributed by atoms with Gasteiger partial charge in [0.1, 0.15) is 11.5 Å². The highest BCUT2D eigenvalue weighted by molar-refractivity contribution is 6.00. The summed E-state index contributed by atoms with van der Waals surface area (Å²) < 4.78 is 5.14. The van der Waals surface area contributed by atoms with Crippen LogP contribution >= 0.6 is 0 Å². The summed E-state index contributed by atoms with van der Waals surface area (Å²) >= 11 is 0. The second kappa shape index (κ2) is 7.09. The lowest BCUT2D eigenvalue weighted by atomic mass is 10.2. The quantitative estimate of drug-likeness (QED) is 0.826. The van der Waals surface area contributed by atoms with E-state index >= 15 is 0 Å². The van der Waals surface area contributed by atoms with Crippen LogP contribution in [-0.2, 0) is 16.1 Å². The van der Waals surface area contributed by atoms with E-state index in [2.05, 4.69) is 10.6 Å². The minimum absolute atomic E-state index is 0.195. The predicted octanol–water partition coefficient (Wildman–Crippen LogP) is 2.07. The molecule has 0 spiro atoms. The van der Waals surface area contributed by atoms with E-state index in [0.717, 1.165) is 5.56 Å². The van der Waals surface area contributed by atoms with Gasteiger partial charge < -0.3 is 15.1 Å². The Morgan fingerprint density at radius 3 is 2.52 bits per heavy atom. The van der Waals surface area contributed by atoms with Crippen LogP contribution in [0.3, 0.4) is 0 Å². The maximum atomic E-state index is 12.1. The molecule has 0 bridgehead atoms. The lowest BCUT2D eigenvalue weighted by molar-refractivity contribution is -0.122. The third-order valence-corrected chi connectivity index (χ3v) is 2.67. The monoisotopic (exact) mass is 284 g/mol. The Morgan fingerprint density at radius 2 is 1.90 bits per heavy atom. The summed E-state index contributed by atoms with van der Waals surface area (Å²) in [6, 6.07) is 12.8. The fraction of sp³-hybridized carbons (Fsp3) is 0.125. The zero-order valence-electron chi connectivity index (χ0n) is 11.6. The fourth-order valence-electron chi connectivity index (χ4n) is 1.74. The van der Waals surface area contributed by atoms with Gasteiger partial charge in [-0.15, -0.1) is 0 Å². The zero-order valence-corrected chi connectivity index (χ0v) is 11.6. The van der Waals surface area contributed by atoms with Crippen LogP contribution in [0.4, 0.5) is 0 Å². The summed E-state index contributed by atoms with van der Waals surface area (Å²) in [6.45, 7) is 1.62. The van der Waals surface area contributed by atoms with Gasteiger partial charge in [-0.2, -0.15) is 0 Å². The van der Waals surface area contributed by atoms with Gasteiger partial charge >= 0.3 is 0 Å². The number of amides is 2. The van der Waals surface area contributed by atoms with Crippen LogP contribution in [0.5, 0.6) is 0 Å². The van der Waals surface area contributed by atoms with E-state index in [9.17, 15) is 9.59 Å². The second-order valence-electron chi connectivity index (χ2n) is 4.41. The molecule has 0 saturated carbocycles. The number of nitrogens with one attached hydrogen (secondary N) is 2. The molecule has 1 heterocycles. The van der Waals surface area contributed by atoms with E-state index in [1.165, 1.54) is 13.2 Å². The summed E-state index contributed by atoms with van der Waals surface area (Å²) in [6.07, 6.45) is 3.16. The van der Waals surface area contributed by atoms with Crippen molar-refractivity contribution in [2.24, 2.45) is 0 Å². The summed E-state index contributed by atoms with van der Waals surface area (Å²) in [7, 11) is 0. The van der Waals surface area contributed by atoms with E-state index in [4.69, 9.17) is 4.42 Å². The summed E-state index contributed by atoms with van der Waals surface area (Å²) in [5.74, 6) is -0.0268. The first-order chi connectivity index (χ1) is 10.1. The Balaban J connectivity index is 2.09. The molecule has 0 radical (unpaired) electrons. The van der Waals surface area contributed by atoms with Crippen molar-refractivity contribution in [3.05, 3.63) is 65.7 Å². The molecule has 2 amide bonds. The standard InChI is InChI=1S/C16H16N2O3/c1-12(19)18-15(10-13-6-3-2-4-7-13)16(20)17-11-14-8-5-9-21-14/h2-10H,11H2,1H3,(H,17,20)(H,18,19)/b15-10-. The normalized spacial score (nSPS) is 11.0. The van der Waals surface area contributed by atoms with Crippen LogP contribution in [0.15, 0.2) is 58.8 Å². The SMILES string of the molecule is CC(=O)N/C(=C\c1ccccc1)C(=O)NCc1ccco1. The number of carbonyl (C=O) groups excluding carboxylic acids is 2. The molecule has 0 saturated heterocycles. The molecule has 2 aromatic rings. The zero-order chi connectivity index (χ0) is 15.1. The number of benzene rings is 1. The van der Waals surface area contributed by atoms with Gasteiger partial charge in [0.2, 0.25) is 5.91 Å². The first kappa shape index (κ1) is 14.6. The van der Waals surface area contributed by atoms with Gasteiger partial charge in [0.15, 0.2) is 0 Å². The van der Waals surface area contributed by atoms with Crippen LogP contribution in [-0.4, -0.2) is 11.8 Å². The van der Waals surface area contributed by atoms with Crippen LogP contribution in [0.1, 0.15) is 18.2 Å². The molecule has 0 atom stereocenters. The van der Waals surface area contributed by atoms with Crippen molar-refractivity contribution in [2.45, 2.75) is 13.5 Å². The molecule has 1 aromatic carbocycles. The summed E-state index contributed by atoms with van der Waals surface area (Å²) in [5, 5.41) is 5.23. The van der Waals surface area contributed by atoms with Crippen LogP contribution < -0.4 is 10.6 Å². The highest BCUT2D eigenvalue weighted by Gasteiger charge is 2.11. The third kappa shape index (κ3) is 4.65. The van der Waals surface area contributed by atoms with Crippen LogP contribution in [0.25, 0.3) is 6.08 Å². The number of rotatable bonds is 5. The maximum Gasteiger partial charge on any atom is 0.268 e. The average molecular weight is 284 g/mol. The maximum absolute atomic E-state index is 12.1. The smallest absolute Gasteiger partial charge is 0.268 e. The molecular weight excluding hydrogens is 268 g/mol. The largest absolute Gasteiger partial charge is 0.467 e. The molecule has 0 aliphatic heterocycles. The molecule has 5 nitrogen and oxygen atoms in total. The van der Waals surface area contributed by atoms with Crippen molar-refractivity contribution in [1.29, 1.82) is 0 Å². The molecule has 21 heavy (non-hydrogen) atoms. The topological polar surface area (TPSA) is 71.3 Å². The van der Waals surface area contributed by atoms with Gasteiger partial charge in [-0.25, -0.2) is 0 Å². The van der Waals surface area contributed by atoms with Crippen LogP contribution in [0, 0.1) is 0 Å². The summed E-state index contributed by atoms with van der Waals surface area (Å²) in [5.41, 5.74) is 1.02. The van der Waals surface area contributed by atoms with Gasteiger partial charge in [-0.3, -0.25) is 9.59 Å². The molecule has 0 aliphatic carbocycles. The summed E-state index contributed by atoms with van der Waals surface area (Å²) in [4.78, 5) is 23.4. The molecule has 5 heteroatoms. The molecule has 2 rings (SSSR count). The van der Waals surface area contributed by atoms with Crippen molar-refractivity contribution in [1.82, 2.24) is 10.6 Å². The number of furan rings is 1. The van der Waals surface area contributed by atoms with Gasteiger partial charge in [0, 0.05) is 6.92 Å². The van der Waals surface area contributed by atoms with Crippen LogP contribution in [0.2, 0.25) is 0 Å². The van der Waals surface area contributed by atoms with E-state index in [1.54, 1.807) is 18.2 Å². The number of carbonyl (C=O) groups is 2. The minimum atomic E-state index is -0.370. The molecule has 0 fully saturated rings. The molecular formula is C16H16N2O3. The molecule has 108 valence electrons. The number of hydrogen-bond donors (Lipinski definition) is 2. The van der Waals surface area contributed by atoms with Crippen molar-refractivity contribution in [3.8, 4) is 0 Å². The van der Waals surface area contributed by atoms with E-state index in [1.807, 2.05) is 30.3 Å². The van der Waals surface area contributed by atoms with Crippen molar-refractivity contribution >= 4 is 17.9 Å². The van der Waals surface area contributed by atoms with Crippen molar-refractivity contribution < 1.29 is 14.0 Å². The predicted molar refractivity (Wildman–Crippen MR) is 78.8 cm³/mol. The Bertz CT molecular complexity index is 631. The van der Waals surface area contributed by atoms with Gasteiger partial charge in [-0.05, 0) is 23.8 Å². The van der Waals surface area contributed by atoms with E-state index in [0.29, 0.717) is 5.76 Å². The fourth-order valence-corrected chi connectivity index (χ4v) is 1.74. The highest BCUT2D eigenvalue weighted by atomic mass is 16.3. The molecule has 0 unspecified atom stereocenters. The van der Waals surface area contributed by atoms with Crippen molar-refractivity contribution in [3.63, 3.8) is 0 Å². The lowest BCUT2D eigenvalue weighted by Gasteiger charge is -2.08. The molecule has 0 aliphatic rings. The Morgan fingerprint density at radius 1 is 1.14 bits per heavy atom. The number of hydrogen-bond acceptors (Lipinski definition) is 3. The molecule has 2 N–H and O–H groups in total. The lowest BCUT2D eigenvalue weighted by Crippen LogP contribution is -2.33.